The minimum Gasteiger partial charge on any atom is -0.267 e. The van der Waals surface area contributed by atoms with Crippen molar-refractivity contribution in [1.82, 2.24) is 0 Å². The fraction of sp³-hybridized carbons (Fsp3) is 0.273. The molecule has 0 heterocycles. The second kappa shape index (κ2) is 7.25. The summed E-state index contributed by atoms with van der Waals surface area (Å²) in [6.45, 7) is 0. The SMILES string of the molecule is [B]C(CC#N)=Nc1cc(SCC(F)(F)F)c(Cl)cc1Cl. The summed E-state index contributed by atoms with van der Waals surface area (Å²) < 4.78 is 36.6. The van der Waals surface area contributed by atoms with Crippen molar-refractivity contribution in [2.45, 2.75) is 17.5 Å². The number of aliphatic imine (C=N–C) groups is 1. The molecule has 1 aromatic rings. The van der Waals surface area contributed by atoms with E-state index < -0.39 is 11.9 Å². The monoisotopic (exact) mass is 336 g/mol. The summed E-state index contributed by atoms with van der Waals surface area (Å²) in [6.07, 6.45) is -4.42. The van der Waals surface area contributed by atoms with Crippen LogP contribution in [0.2, 0.25) is 10.0 Å². The Morgan fingerprint density at radius 1 is 1.35 bits per heavy atom. The van der Waals surface area contributed by atoms with Crippen molar-refractivity contribution >= 4 is 54.1 Å². The van der Waals surface area contributed by atoms with Gasteiger partial charge in [0.25, 0.3) is 0 Å². The maximum Gasteiger partial charge on any atom is 0.398 e. The van der Waals surface area contributed by atoms with E-state index in [1.807, 2.05) is 0 Å². The minimum absolute atomic E-state index is 0.0171. The van der Waals surface area contributed by atoms with E-state index in [9.17, 15) is 13.2 Å². The van der Waals surface area contributed by atoms with Gasteiger partial charge in [-0.25, -0.2) is 0 Å². The highest BCUT2D eigenvalue weighted by molar-refractivity contribution is 7.99. The first-order valence-corrected chi connectivity index (χ1v) is 6.85. The van der Waals surface area contributed by atoms with Crippen molar-refractivity contribution in [3.05, 3.63) is 22.2 Å². The fourth-order valence-corrected chi connectivity index (χ4v) is 2.45. The van der Waals surface area contributed by atoms with Crippen molar-refractivity contribution in [1.29, 1.82) is 5.26 Å². The smallest absolute Gasteiger partial charge is 0.267 e. The van der Waals surface area contributed by atoms with Gasteiger partial charge in [0.2, 0.25) is 0 Å². The third-order valence-corrected chi connectivity index (χ3v) is 3.76. The lowest BCUT2D eigenvalue weighted by Crippen LogP contribution is -2.10. The summed E-state index contributed by atoms with van der Waals surface area (Å²) in [5, 5.41) is 8.71. The quantitative estimate of drug-likeness (QED) is 0.451. The lowest BCUT2D eigenvalue weighted by molar-refractivity contribution is -0.105. The van der Waals surface area contributed by atoms with Gasteiger partial charge in [0, 0.05) is 4.90 Å². The summed E-state index contributed by atoms with van der Waals surface area (Å²) in [7, 11) is 5.47. The van der Waals surface area contributed by atoms with Gasteiger partial charge in [0.15, 0.2) is 0 Å². The van der Waals surface area contributed by atoms with E-state index in [4.69, 9.17) is 36.3 Å². The van der Waals surface area contributed by atoms with Crippen molar-refractivity contribution < 1.29 is 13.2 Å². The highest BCUT2D eigenvalue weighted by Gasteiger charge is 2.27. The zero-order valence-corrected chi connectivity index (χ0v) is 12.2. The van der Waals surface area contributed by atoms with Crippen molar-refractivity contribution in [2.24, 2.45) is 4.99 Å². The molecule has 0 fully saturated rings. The molecule has 1 rings (SSSR count). The number of nitrogens with zero attached hydrogens (tertiary/aromatic N) is 2. The molecule has 0 saturated heterocycles. The predicted octanol–water partition coefficient (Wildman–Crippen LogP) is 4.76. The van der Waals surface area contributed by atoms with E-state index in [0.29, 0.717) is 11.8 Å². The number of halogens is 5. The molecule has 0 aliphatic heterocycles. The van der Waals surface area contributed by atoms with Gasteiger partial charge in [-0.1, -0.05) is 23.2 Å². The first-order chi connectivity index (χ1) is 9.23. The number of hydrogen-bond acceptors (Lipinski definition) is 3. The number of alkyl halides is 3. The molecule has 0 aromatic heterocycles. The molecule has 0 aliphatic rings. The molecule has 0 N–H and O–H groups in total. The normalized spacial score (nSPS) is 12.3. The van der Waals surface area contributed by atoms with Gasteiger partial charge in [-0.3, -0.25) is 4.99 Å². The summed E-state index contributed by atoms with van der Waals surface area (Å²) in [4.78, 5) is 4.07. The van der Waals surface area contributed by atoms with Crippen LogP contribution < -0.4 is 0 Å². The summed E-state index contributed by atoms with van der Waals surface area (Å²) in [5.41, 5.74) is 0.192. The Morgan fingerprint density at radius 2 is 2.00 bits per heavy atom. The molecule has 1 aromatic carbocycles. The predicted molar refractivity (Wildman–Crippen MR) is 76.3 cm³/mol. The third-order valence-electron chi connectivity index (χ3n) is 1.92. The van der Waals surface area contributed by atoms with E-state index in [1.165, 1.54) is 12.1 Å². The second-order valence-electron chi connectivity index (χ2n) is 3.58. The van der Waals surface area contributed by atoms with Crippen LogP contribution in [0.4, 0.5) is 18.9 Å². The highest BCUT2D eigenvalue weighted by atomic mass is 35.5. The molecule has 0 aliphatic carbocycles. The average Bonchev–Trinajstić information content (AvgIpc) is 2.30. The van der Waals surface area contributed by atoms with Gasteiger partial charge in [-0.2, -0.15) is 18.4 Å². The van der Waals surface area contributed by atoms with E-state index in [2.05, 4.69) is 4.99 Å². The standard InChI is InChI=1S/C11H6BCl2F3N2S/c12-10(1-2-18)19-8-4-9(7(14)3-6(8)13)20-5-11(15,16)17/h3-4H,1,5H2. The van der Waals surface area contributed by atoms with Crippen molar-refractivity contribution in [3.63, 3.8) is 0 Å². The Labute approximate surface area is 129 Å². The average molecular weight is 337 g/mol. The molecule has 2 nitrogen and oxygen atoms in total. The first-order valence-electron chi connectivity index (χ1n) is 5.11. The van der Waals surface area contributed by atoms with Gasteiger partial charge in [-0.05, 0) is 17.7 Å². The largest absolute Gasteiger partial charge is 0.398 e. The molecular weight excluding hydrogens is 331 g/mol. The van der Waals surface area contributed by atoms with Crippen LogP contribution in [0, 0.1) is 11.3 Å². The number of hydrogen-bond donors (Lipinski definition) is 0. The first kappa shape index (κ1) is 17.2. The van der Waals surface area contributed by atoms with Gasteiger partial charge in [0.05, 0.1) is 34.0 Å². The number of benzene rings is 1. The van der Waals surface area contributed by atoms with Crippen LogP contribution >= 0.6 is 35.0 Å². The van der Waals surface area contributed by atoms with Crippen molar-refractivity contribution in [2.75, 3.05) is 5.75 Å². The van der Waals surface area contributed by atoms with Crippen LogP contribution in [0.1, 0.15) is 6.42 Å². The molecule has 20 heavy (non-hydrogen) atoms. The van der Waals surface area contributed by atoms with Crippen molar-refractivity contribution in [3.8, 4) is 6.07 Å². The molecule has 0 unspecified atom stereocenters. The summed E-state index contributed by atoms with van der Waals surface area (Å²) >= 11 is 12.2. The lowest BCUT2D eigenvalue weighted by atomic mass is 9.98. The highest BCUT2D eigenvalue weighted by Crippen LogP contribution is 2.38. The molecule has 9 heteroatoms. The van der Waals surface area contributed by atoms with E-state index in [0.717, 1.165) is 0 Å². The van der Waals surface area contributed by atoms with Crippen LogP contribution in [0.15, 0.2) is 22.0 Å². The summed E-state index contributed by atoms with van der Waals surface area (Å²) in [6, 6.07) is 4.40. The maximum absolute atomic E-state index is 12.2. The van der Waals surface area contributed by atoms with Gasteiger partial charge in [0.1, 0.15) is 7.85 Å². The van der Waals surface area contributed by atoms with Crippen LogP contribution in [0.5, 0.6) is 0 Å². The Balaban J connectivity index is 3.04. The molecule has 0 saturated carbocycles. The van der Waals surface area contributed by atoms with E-state index >= 15 is 0 Å². The van der Waals surface area contributed by atoms with Crippen LogP contribution in [0.25, 0.3) is 0 Å². The molecule has 104 valence electrons. The Morgan fingerprint density at radius 3 is 2.55 bits per heavy atom. The lowest BCUT2D eigenvalue weighted by Gasteiger charge is -2.09. The van der Waals surface area contributed by atoms with Crippen LogP contribution in [0.3, 0.4) is 0 Å². The fourth-order valence-electron chi connectivity index (χ4n) is 1.15. The minimum atomic E-state index is -4.31. The number of nitriles is 1. The maximum atomic E-state index is 12.2. The molecule has 0 spiro atoms. The molecule has 0 amide bonds. The van der Waals surface area contributed by atoms with Gasteiger partial charge >= 0.3 is 6.18 Å². The number of thioether (sulfide) groups is 1. The third kappa shape index (κ3) is 5.65. The molecular formula is C11H6BCl2F3N2S. The van der Waals surface area contributed by atoms with E-state index in [1.54, 1.807) is 6.07 Å². The zero-order chi connectivity index (χ0) is 15.3. The number of rotatable bonds is 4. The second-order valence-corrected chi connectivity index (χ2v) is 5.41. The zero-order valence-electron chi connectivity index (χ0n) is 9.84. The topological polar surface area (TPSA) is 36.1 Å². The van der Waals surface area contributed by atoms with Crippen LogP contribution in [-0.4, -0.2) is 25.4 Å². The Kier molecular flexibility index (Phi) is 6.24. The van der Waals surface area contributed by atoms with Gasteiger partial charge in [-0.15, -0.1) is 11.8 Å². The Hall–Kier alpha value is -0.835. The molecule has 0 bridgehead atoms. The molecule has 0 atom stereocenters. The van der Waals surface area contributed by atoms with Crippen LogP contribution in [-0.2, 0) is 0 Å². The Bertz CT molecular complexity index is 570. The van der Waals surface area contributed by atoms with E-state index in [-0.39, 0.29) is 32.7 Å². The summed E-state index contributed by atoms with van der Waals surface area (Å²) in [5.74, 6) is -1.08. The molecule has 2 radical (unpaired) electrons. The van der Waals surface area contributed by atoms with Gasteiger partial charge < -0.3 is 0 Å².